The Morgan fingerprint density at radius 1 is 0.735 bits per heavy atom. The van der Waals surface area contributed by atoms with Gasteiger partial charge in [-0.05, 0) is 59.7 Å². The fourth-order valence-corrected chi connectivity index (χ4v) is 3.23. The van der Waals surface area contributed by atoms with Gasteiger partial charge in [-0.25, -0.2) is 0 Å². The summed E-state index contributed by atoms with van der Waals surface area (Å²) in [6, 6.07) is 16.2. The van der Waals surface area contributed by atoms with E-state index < -0.39 is 35.3 Å². The SMILES string of the molecule is FC(F)(F)Oc1ccc(C(Cl)(COCc2cccc(Oc3ccc(Cl)cc3)c2)C(F)(F)F)cc1. The van der Waals surface area contributed by atoms with E-state index in [0.717, 1.165) is 24.3 Å². The molecule has 11 heteroatoms. The summed E-state index contributed by atoms with van der Waals surface area (Å²) in [5.41, 5.74) is 0.0255. The van der Waals surface area contributed by atoms with Gasteiger partial charge in [0.2, 0.25) is 0 Å². The van der Waals surface area contributed by atoms with Crippen LogP contribution in [-0.2, 0) is 16.2 Å². The van der Waals surface area contributed by atoms with E-state index >= 15 is 0 Å². The Kier molecular flexibility index (Phi) is 7.90. The third-order valence-corrected chi connectivity index (χ3v) is 5.31. The first-order chi connectivity index (χ1) is 15.9. The van der Waals surface area contributed by atoms with Crippen LogP contribution in [0.3, 0.4) is 0 Å². The van der Waals surface area contributed by atoms with Crippen LogP contribution >= 0.6 is 23.2 Å². The highest BCUT2D eigenvalue weighted by Crippen LogP contribution is 2.45. The van der Waals surface area contributed by atoms with Crippen molar-refractivity contribution in [3.63, 3.8) is 0 Å². The van der Waals surface area contributed by atoms with Crippen molar-refractivity contribution in [2.75, 3.05) is 6.61 Å². The normalized spacial score (nSPS) is 13.9. The lowest BCUT2D eigenvalue weighted by molar-refractivity contribution is -0.274. The predicted molar refractivity (Wildman–Crippen MR) is 114 cm³/mol. The van der Waals surface area contributed by atoms with Crippen molar-refractivity contribution >= 4 is 23.2 Å². The monoisotopic (exact) mass is 524 g/mol. The third kappa shape index (κ3) is 6.94. The van der Waals surface area contributed by atoms with Crippen molar-refractivity contribution in [1.82, 2.24) is 0 Å². The molecule has 0 bridgehead atoms. The van der Waals surface area contributed by atoms with E-state index in [-0.39, 0.29) is 6.61 Å². The minimum atomic E-state index is -4.97. The fraction of sp³-hybridized carbons (Fsp3) is 0.217. The fourth-order valence-electron chi connectivity index (χ4n) is 2.90. The number of halogens is 8. The molecule has 0 saturated heterocycles. The predicted octanol–water partition coefficient (Wildman–Crippen LogP) is 8.24. The average Bonchev–Trinajstić information content (AvgIpc) is 2.74. The molecule has 1 atom stereocenters. The van der Waals surface area contributed by atoms with Gasteiger partial charge >= 0.3 is 12.5 Å². The van der Waals surface area contributed by atoms with Gasteiger partial charge in [0.25, 0.3) is 0 Å². The van der Waals surface area contributed by atoms with Crippen LogP contribution in [0.15, 0.2) is 72.8 Å². The smallest absolute Gasteiger partial charge is 0.457 e. The zero-order valence-electron chi connectivity index (χ0n) is 17.1. The maximum Gasteiger partial charge on any atom is 0.573 e. The average molecular weight is 525 g/mol. The van der Waals surface area contributed by atoms with Crippen LogP contribution in [0.5, 0.6) is 17.2 Å². The van der Waals surface area contributed by atoms with Gasteiger partial charge in [0, 0.05) is 5.02 Å². The highest BCUT2D eigenvalue weighted by molar-refractivity contribution is 6.30. The number of benzene rings is 3. The number of hydrogen-bond donors (Lipinski definition) is 0. The molecule has 0 amide bonds. The van der Waals surface area contributed by atoms with Crippen LogP contribution in [-0.4, -0.2) is 19.1 Å². The lowest BCUT2D eigenvalue weighted by Gasteiger charge is -2.30. The summed E-state index contributed by atoms with van der Waals surface area (Å²) in [7, 11) is 0. The Bertz CT molecular complexity index is 1090. The van der Waals surface area contributed by atoms with Crippen LogP contribution in [0.4, 0.5) is 26.3 Å². The van der Waals surface area contributed by atoms with Crippen molar-refractivity contribution in [3.05, 3.63) is 88.9 Å². The van der Waals surface area contributed by atoms with Gasteiger partial charge in [0.15, 0.2) is 4.87 Å². The molecule has 1 unspecified atom stereocenters. The maximum atomic E-state index is 13.8. The summed E-state index contributed by atoms with van der Waals surface area (Å²) in [5, 5.41) is 0.534. The maximum absolute atomic E-state index is 13.8. The number of alkyl halides is 7. The van der Waals surface area contributed by atoms with Crippen LogP contribution in [0.2, 0.25) is 5.02 Å². The second-order valence-electron chi connectivity index (χ2n) is 7.07. The molecule has 0 aliphatic rings. The first kappa shape index (κ1) is 26.0. The van der Waals surface area contributed by atoms with E-state index in [9.17, 15) is 26.3 Å². The Labute approximate surface area is 200 Å². The molecule has 0 aliphatic heterocycles. The van der Waals surface area contributed by atoms with Crippen LogP contribution in [0.1, 0.15) is 11.1 Å². The molecular weight excluding hydrogens is 509 g/mol. The van der Waals surface area contributed by atoms with Crippen LogP contribution < -0.4 is 9.47 Å². The molecule has 0 aromatic heterocycles. The van der Waals surface area contributed by atoms with Gasteiger partial charge in [-0.2, -0.15) is 13.2 Å². The summed E-state index contributed by atoms with van der Waals surface area (Å²) in [4.78, 5) is -2.98. The summed E-state index contributed by atoms with van der Waals surface area (Å²) in [6.07, 6.45) is -9.93. The Hall–Kier alpha value is -2.62. The van der Waals surface area contributed by atoms with Crippen LogP contribution in [0, 0.1) is 0 Å². The number of rotatable bonds is 8. The molecule has 3 aromatic rings. The van der Waals surface area contributed by atoms with Gasteiger partial charge in [-0.15, -0.1) is 24.8 Å². The molecule has 0 N–H and O–H groups in total. The molecule has 0 aliphatic carbocycles. The molecule has 182 valence electrons. The highest BCUT2D eigenvalue weighted by Gasteiger charge is 2.55. The number of ether oxygens (including phenoxy) is 3. The van der Waals surface area contributed by atoms with E-state index in [0.29, 0.717) is 22.1 Å². The van der Waals surface area contributed by atoms with Gasteiger partial charge in [-0.3, -0.25) is 0 Å². The number of hydrogen-bond acceptors (Lipinski definition) is 3. The summed E-state index contributed by atoms with van der Waals surface area (Å²) >= 11 is 11.7. The lowest BCUT2D eigenvalue weighted by atomic mass is 9.98. The minimum Gasteiger partial charge on any atom is -0.457 e. The molecule has 0 spiro atoms. The Morgan fingerprint density at radius 2 is 1.35 bits per heavy atom. The van der Waals surface area contributed by atoms with Crippen LogP contribution in [0.25, 0.3) is 0 Å². The van der Waals surface area contributed by atoms with Crippen molar-refractivity contribution in [1.29, 1.82) is 0 Å². The molecular formula is C23H16Cl2F6O3. The summed E-state index contributed by atoms with van der Waals surface area (Å²) in [5.74, 6) is 0.268. The molecule has 0 saturated carbocycles. The zero-order chi connectivity index (χ0) is 25.0. The first-order valence-electron chi connectivity index (χ1n) is 9.58. The molecule has 34 heavy (non-hydrogen) atoms. The second kappa shape index (κ2) is 10.3. The molecule has 0 radical (unpaired) electrons. The Balaban J connectivity index is 1.68. The Morgan fingerprint density at radius 3 is 1.94 bits per heavy atom. The second-order valence-corrected chi connectivity index (χ2v) is 8.15. The topological polar surface area (TPSA) is 27.7 Å². The van der Waals surface area contributed by atoms with E-state index in [1.807, 2.05) is 0 Å². The van der Waals surface area contributed by atoms with Crippen molar-refractivity contribution in [3.8, 4) is 17.2 Å². The van der Waals surface area contributed by atoms with E-state index in [1.165, 1.54) is 0 Å². The van der Waals surface area contributed by atoms with Crippen molar-refractivity contribution in [2.24, 2.45) is 0 Å². The molecule has 0 heterocycles. The quantitative estimate of drug-likeness (QED) is 0.219. The molecule has 0 fully saturated rings. The largest absolute Gasteiger partial charge is 0.573 e. The standard InChI is InChI=1S/C23H16Cl2F6O3/c24-17-6-10-18(11-7-17)33-20-3-1-2-15(12-20)13-32-14-21(25,22(26,27)28)16-4-8-19(9-5-16)34-23(29,30)31/h1-12H,13-14H2. The summed E-state index contributed by atoms with van der Waals surface area (Å²) in [6.45, 7) is -1.21. The van der Waals surface area contributed by atoms with E-state index in [1.54, 1.807) is 48.5 Å². The third-order valence-electron chi connectivity index (χ3n) is 4.51. The highest BCUT2D eigenvalue weighted by atomic mass is 35.5. The van der Waals surface area contributed by atoms with Gasteiger partial charge in [-0.1, -0.05) is 35.9 Å². The first-order valence-corrected chi connectivity index (χ1v) is 10.3. The molecule has 3 rings (SSSR count). The molecule has 3 nitrogen and oxygen atoms in total. The van der Waals surface area contributed by atoms with Gasteiger partial charge in [0.05, 0.1) is 13.2 Å². The van der Waals surface area contributed by atoms with Gasteiger partial charge < -0.3 is 14.2 Å². The summed E-state index contributed by atoms with van der Waals surface area (Å²) < 4.78 is 92.8. The van der Waals surface area contributed by atoms with Gasteiger partial charge in [0.1, 0.15) is 17.2 Å². The molecule has 3 aromatic carbocycles. The zero-order valence-corrected chi connectivity index (χ0v) is 18.6. The minimum absolute atomic E-state index is 0.225. The lowest BCUT2D eigenvalue weighted by Crippen LogP contribution is -2.41. The van der Waals surface area contributed by atoms with Crippen molar-refractivity contribution < 1.29 is 40.6 Å². The van der Waals surface area contributed by atoms with Crippen molar-refractivity contribution in [2.45, 2.75) is 24.0 Å². The van der Waals surface area contributed by atoms with E-state index in [2.05, 4.69) is 4.74 Å². The van der Waals surface area contributed by atoms with E-state index in [4.69, 9.17) is 32.7 Å².